The molecule has 2 aromatic rings. The molecular weight excluding hydrogens is 418 g/mol. The third-order valence-electron chi connectivity index (χ3n) is 4.92. The predicted octanol–water partition coefficient (Wildman–Crippen LogP) is 2.74. The number of hydrogen-bond acceptors (Lipinski definition) is 8. The average Bonchev–Trinajstić information content (AvgIpc) is 3.28. The predicted molar refractivity (Wildman–Crippen MR) is 116 cm³/mol. The summed E-state index contributed by atoms with van der Waals surface area (Å²) in [7, 11) is 0. The van der Waals surface area contributed by atoms with Gasteiger partial charge in [0.2, 0.25) is 5.91 Å². The molecule has 3 amide bonds. The largest absolute Gasteiger partial charge is 0.494 e. The number of nitrogens with zero attached hydrogens (tertiary/aromatic N) is 4. The zero-order valence-electron chi connectivity index (χ0n) is 17.0. The molecule has 31 heavy (non-hydrogen) atoms. The minimum atomic E-state index is -0.952. The summed E-state index contributed by atoms with van der Waals surface area (Å²) in [5.41, 5.74) is 1.08. The number of anilines is 2. The SMILES string of the molecule is CCOc1ccc(N2C(=O)[C@H]3N=NN(CC(=O)Nc4cccc(SC)c4)[C@@H]3C2=O)cc1. The summed E-state index contributed by atoms with van der Waals surface area (Å²) in [5.74, 6) is -0.619. The van der Waals surface area contributed by atoms with Crippen LogP contribution in [0.2, 0.25) is 0 Å². The van der Waals surface area contributed by atoms with Crippen LogP contribution in [0.3, 0.4) is 0 Å². The van der Waals surface area contributed by atoms with Crippen molar-refractivity contribution in [1.29, 1.82) is 0 Å². The zero-order valence-corrected chi connectivity index (χ0v) is 17.8. The maximum Gasteiger partial charge on any atom is 0.263 e. The molecule has 4 rings (SSSR count). The molecule has 0 aromatic heterocycles. The first kappa shape index (κ1) is 20.9. The topological polar surface area (TPSA) is 104 Å². The smallest absolute Gasteiger partial charge is 0.263 e. The number of ether oxygens (including phenoxy) is 1. The fraction of sp³-hybridized carbons (Fsp3) is 0.286. The molecule has 0 bridgehead atoms. The standard InChI is InChI=1S/C21H21N5O4S/c1-3-30-15-9-7-14(8-10-15)26-20(28)18-19(21(26)29)25(24-23-18)12-17(27)22-13-5-4-6-16(11-13)31-2/h4-11,18-19H,3,12H2,1-2H3,(H,22,27)/t18-,19-/m0/s1. The number of carbonyl (C=O) groups excluding carboxylic acids is 3. The minimum Gasteiger partial charge on any atom is -0.494 e. The lowest BCUT2D eigenvalue weighted by molar-refractivity contribution is -0.123. The molecule has 0 saturated carbocycles. The van der Waals surface area contributed by atoms with Gasteiger partial charge in [0.1, 0.15) is 12.3 Å². The fourth-order valence-electron chi connectivity index (χ4n) is 3.51. The van der Waals surface area contributed by atoms with E-state index in [9.17, 15) is 14.4 Å². The van der Waals surface area contributed by atoms with Crippen LogP contribution in [-0.4, -0.2) is 54.2 Å². The number of thioether (sulfide) groups is 1. The number of imide groups is 1. The maximum atomic E-state index is 13.0. The molecule has 1 saturated heterocycles. The van der Waals surface area contributed by atoms with E-state index in [0.29, 0.717) is 23.7 Å². The van der Waals surface area contributed by atoms with Crippen LogP contribution >= 0.6 is 11.8 Å². The van der Waals surface area contributed by atoms with Gasteiger partial charge >= 0.3 is 0 Å². The lowest BCUT2D eigenvalue weighted by Gasteiger charge is -2.20. The molecule has 0 unspecified atom stereocenters. The molecule has 0 aliphatic carbocycles. The van der Waals surface area contributed by atoms with Crippen LogP contribution in [-0.2, 0) is 14.4 Å². The van der Waals surface area contributed by atoms with E-state index in [1.165, 1.54) is 5.01 Å². The van der Waals surface area contributed by atoms with Crippen LogP contribution in [0.5, 0.6) is 5.75 Å². The first-order chi connectivity index (χ1) is 15.0. The summed E-state index contributed by atoms with van der Waals surface area (Å²) in [6, 6.07) is 12.2. The molecule has 160 valence electrons. The lowest BCUT2D eigenvalue weighted by Crippen LogP contribution is -2.43. The molecule has 1 fully saturated rings. The quantitative estimate of drug-likeness (QED) is 0.526. The van der Waals surface area contributed by atoms with Crippen LogP contribution in [0.4, 0.5) is 11.4 Å². The van der Waals surface area contributed by atoms with Crippen molar-refractivity contribution in [2.45, 2.75) is 23.9 Å². The number of carbonyl (C=O) groups is 3. The van der Waals surface area contributed by atoms with Crippen molar-refractivity contribution in [2.24, 2.45) is 10.3 Å². The van der Waals surface area contributed by atoms with Crippen molar-refractivity contribution < 1.29 is 19.1 Å². The molecule has 2 heterocycles. The molecular formula is C21H21N5O4S. The number of nitrogens with one attached hydrogen (secondary N) is 1. The highest BCUT2D eigenvalue weighted by Gasteiger charge is 2.55. The van der Waals surface area contributed by atoms with Gasteiger partial charge in [0.25, 0.3) is 11.8 Å². The van der Waals surface area contributed by atoms with E-state index in [1.54, 1.807) is 42.1 Å². The monoisotopic (exact) mass is 439 g/mol. The molecule has 2 aliphatic heterocycles. The highest BCUT2D eigenvalue weighted by molar-refractivity contribution is 7.98. The van der Waals surface area contributed by atoms with Gasteiger partial charge in [-0.25, -0.2) is 4.90 Å². The molecule has 2 aliphatic rings. The van der Waals surface area contributed by atoms with E-state index in [2.05, 4.69) is 15.7 Å². The molecule has 10 heteroatoms. The first-order valence-electron chi connectivity index (χ1n) is 9.74. The summed E-state index contributed by atoms with van der Waals surface area (Å²) in [6.07, 6.45) is 1.95. The molecule has 1 N–H and O–H groups in total. The Bertz CT molecular complexity index is 1040. The highest BCUT2D eigenvalue weighted by Crippen LogP contribution is 2.32. The van der Waals surface area contributed by atoms with Gasteiger partial charge in [-0.2, -0.15) is 5.11 Å². The number of amides is 3. The Morgan fingerprint density at radius 3 is 2.65 bits per heavy atom. The number of benzene rings is 2. The van der Waals surface area contributed by atoms with E-state index in [0.717, 1.165) is 9.80 Å². The Morgan fingerprint density at radius 1 is 1.16 bits per heavy atom. The van der Waals surface area contributed by atoms with Crippen LogP contribution in [0.15, 0.2) is 63.8 Å². The van der Waals surface area contributed by atoms with Crippen molar-refractivity contribution >= 4 is 40.9 Å². The maximum absolute atomic E-state index is 13.0. The van der Waals surface area contributed by atoms with E-state index in [1.807, 2.05) is 31.4 Å². The van der Waals surface area contributed by atoms with Gasteiger partial charge in [0.05, 0.1) is 12.3 Å². The van der Waals surface area contributed by atoms with Crippen molar-refractivity contribution in [3.05, 3.63) is 48.5 Å². The highest BCUT2D eigenvalue weighted by atomic mass is 32.2. The van der Waals surface area contributed by atoms with Gasteiger partial charge < -0.3 is 10.1 Å². The van der Waals surface area contributed by atoms with E-state index < -0.39 is 23.9 Å². The van der Waals surface area contributed by atoms with Crippen molar-refractivity contribution in [3.8, 4) is 5.75 Å². The van der Waals surface area contributed by atoms with Crippen LogP contribution in [0.25, 0.3) is 0 Å². The summed E-state index contributed by atoms with van der Waals surface area (Å²) in [5, 5.41) is 11.9. The minimum absolute atomic E-state index is 0.190. The normalized spacial score (nSPS) is 19.7. The first-order valence-corrected chi connectivity index (χ1v) is 11.0. The number of fused-ring (bicyclic) bond motifs is 1. The molecule has 2 aromatic carbocycles. The Balaban J connectivity index is 1.45. The lowest BCUT2D eigenvalue weighted by atomic mass is 10.1. The van der Waals surface area contributed by atoms with Gasteiger partial charge in [-0.15, -0.1) is 11.8 Å². The van der Waals surface area contributed by atoms with Gasteiger partial charge in [0, 0.05) is 10.6 Å². The van der Waals surface area contributed by atoms with Crippen molar-refractivity contribution in [1.82, 2.24) is 5.01 Å². The third kappa shape index (κ3) is 4.11. The van der Waals surface area contributed by atoms with E-state index >= 15 is 0 Å². The molecule has 9 nitrogen and oxygen atoms in total. The Labute approximate surface area is 183 Å². The second-order valence-electron chi connectivity index (χ2n) is 6.91. The molecule has 2 atom stereocenters. The van der Waals surface area contributed by atoms with Gasteiger partial charge in [-0.1, -0.05) is 11.3 Å². The van der Waals surface area contributed by atoms with Gasteiger partial charge in [-0.3, -0.25) is 19.4 Å². The summed E-state index contributed by atoms with van der Waals surface area (Å²) in [6.45, 7) is 2.20. The number of hydrogen-bond donors (Lipinski definition) is 1. The van der Waals surface area contributed by atoms with E-state index in [4.69, 9.17) is 4.74 Å². The average molecular weight is 439 g/mol. The Kier molecular flexibility index (Phi) is 5.90. The third-order valence-corrected chi connectivity index (χ3v) is 5.65. The van der Waals surface area contributed by atoms with Crippen LogP contribution in [0.1, 0.15) is 6.92 Å². The molecule has 0 radical (unpaired) electrons. The van der Waals surface area contributed by atoms with Crippen molar-refractivity contribution in [3.63, 3.8) is 0 Å². The Morgan fingerprint density at radius 2 is 1.94 bits per heavy atom. The van der Waals surface area contributed by atoms with Gasteiger partial charge in [0.15, 0.2) is 12.1 Å². The van der Waals surface area contributed by atoms with Crippen molar-refractivity contribution in [2.75, 3.05) is 29.6 Å². The second kappa shape index (κ2) is 8.76. The van der Waals surface area contributed by atoms with E-state index in [-0.39, 0.29) is 12.5 Å². The van der Waals surface area contributed by atoms with Gasteiger partial charge in [-0.05, 0) is 55.6 Å². The van der Waals surface area contributed by atoms with Crippen LogP contribution in [0, 0.1) is 0 Å². The fourth-order valence-corrected chi connectivity index (χ4v) is 3.97. The van der Waals surface area contributed by atoms with Crippen LogP contribution < -0.4 is 15.0 Å². The summed E-state index contributed by atoms with van der Waals surface area (Å²) in [4.78, 5) is 40.4. The zero-order chi connectivity index (χ0) is 22.0. The summed E-state index contributed by atoms with van der Waals surface area (Å²) >= 11 is 1.57. The Hall–Kier alpha value is -3.40. The second-order valence-corrected chi connectivity index (χ2v) is 7.79. The number of rotatable bonds is 7. The summed E-state index contributed by atoms with van der Waals surface area (Å²) < 4.78 is 5.40. The molecule has 0 spiro atoms.